The molecule has 0 aromatic carbocycles. The topological polar surface area (TPSA) is 84.2 Å². The smallest absolute Gasteiger partial charge is 0.326 e. The quantitative estimate of drug-likeness (QED) is 0.796. The van der Waals surface area contributed by atoms with Crippen LogP contribution in [-0.4, -0.2) is 32.8 Å². The van der Waals surface area contributed by atoms with Crippen LogP contribution in [0.15, 0.2) is 6.07 Å². The van der Waals surface area contributed by atoms with Crippen molar-refractivity contribution in [3.05, 3.63) is 17.5 Å². The van der Waals surface area contributed by atoms with Crippen molar-refractivity contribution in [2.45, 2.75) is 53.1 Å². The molecule has 112 valence electrons. The molecule has 0 fully saturated rings. The number of nitrogens with one attached hydrogen (secondary N) is 1. The van der Waals surface area contributed by atoms with Gasteiger partial charge in [0, 0.05) is 6.54 Å². The molecule has 0 spiro atoms. The summed E-state index contributed by atoms with van der Waals surface area (Å²) in [6.07, 6.45) is 1.14. The Bertz CT molecular complexity index is 480. The molecule has 0 bridgehead atoms. The minimum absolute atomic E-state index is 0.193. The molecule has 0 saturated carbocycles. The van der Waals surface area contributed by atoms with Crippen molar-refractivity contribution in [1.29, 1.82) is 0 Å². The molecule has 6 heteroatoms. The molecule has 1 amide bonds. The van der Waals surface area contributed by atoms with Crippen molar-refractivity contribution < 1.29 is 14.7 Å². The number of carboxylic acids is 1. The Balaban J connectivity index is 2.88. The van der Waals surface area contributed by atoms with Crippen molar-refractivity contribution in [2.24, 2.45) is 5.92 Å². The van der Waals surface area contributed by atoms with Crippen molar-refractivity contribution in [2.75, 3.05) is 0 Å². The van der Waals surface area contributed by atoms with E-state index in [1.165, 1.54) is 0 Å². The molecule has 0 aliphatic heterocycles. The van der Waals surface area contributed by atoms with Gasteiger partial charge in [0.25, 0.3) is 5.91 Å². The summed E-state index contributed by atoms with van der Waals surface area (Å²) in [6.45, 7) is 8.28. The van der Waals surface area contributed by atoms with Crippen LogP contribution in [0.4, 0.5) is 0 Å². The van der Waals surface area contributed by atoms with Crippen LogP contribution in [0.1, 0.15) is 50.3 Å². The van der Waals surface area contributed by atoms with Gasteiger partial charge in [-0.25, -0.2) is 4.79 Å². The Morgan fingerprint density at radius 3 is 2.50 bits per heavy atom. The maximum Gasteiger partial charge on any atom is 0.326 e. The average molecular weight is 281 g/mol. The first-order valence-corrected chi connectivity index (χ1v) is 6.99. The first kappa shape index (κ1) is 16.2. The first-order valence-electron chi connectivity index (χ1n) is 6.99. The largest absolute Gasteiger partial charge is 0.480 e. The number of aromatic nitrogens is 2. The fourth-order valence-corrected chi connectivity index (χ4v) is 1.99. The van der Waals surface area contributed by atoms with Gasteiger partial charge in [0.05, 0.1) is 5.69 Å². The van der Waals surface area contributed by atoms with E-state index in [-0.39, 0.29) is 11.8 Å². The van der Waals surface area contributed by atoms with Crippen LogP contribution in [0, 0.1) is 5.92 Å². The fourth-order valence-electron chi connectivity index (χ4n) is 1.99. The minimum atomic E-state index is -1.01. The average Bonchev–Trinajstić information content (AvgIpc) is 2.80. The number of hydrogen-bond donors (Lipinski definition) is 2. The highest BCUT2D eigenvalue weighted by Gasteiger charge is 2.23. The first-order chi connectivity index (χ1) is 9.38. The van der Waals surface area contributed by atoms with Gasteiger partial charge in [0.2, 0.25) is 0 Å². The van der Waals surface area contributed by atoms with Crippen LogP contribution in [0.25, 0.3) is 0 Å². The molecule has 0 saturated heterocycles. The molecule has 1 rings (SSSR count). The van der Waals surface area contributed by atoms with Gasteiger partial charge in [-0.15, -0.1) is 0 Å². The van der Waals surface area contributed by atoms with Gasteiger partial charge in [-0.3, -0.25) is 9.48 Å². The standard InChI is InChI=1S/C14H23N3O3/c1-5-10-8-12(17(6-2)16-10)13(18)15-11(14(19)20)7-9(3)4/h8-9,11H,5-7H2,1-4H3,(H,15,18)(H,19,20). The minimum Gasteiger partial charge on any atom is -0.480 e. The Morgan fingerprint density at radius 1 is 1.40 bits per heavy atom. The van der Waals surface area contributed by atoms with Crippen LogP contribution in [-0.2, 0) is 17.8 Å². The van der Waals surface area contributed by atoms with Gasteiger partial charge < -0.3 is 10.4 Å². The maximum absolute atomic E-state index is 12.2. The number of carbonyl (C=O) groups excluding carboxylic acids is 1. The van der Waals surface area contributed by atoms with E-state index in [0.717, 1.165) is 12.1 Å². The van der Waals surface area contributed by atoms with E-state index >= 15 is 0 Å². The Hall–Kier alpha value is -1.85. The summed E-state index contributed by atoms with van der Waals surface area (Å²) < 4.78 is 1.60. The molecule has 0 aliphatic carbocycles. The number of aryl methyl sites for hydroxylation is 2. The van der Waals surface area contributed by atoms with Crippen LogP contribution in [0.3, 0.4) is 0 Å². The number of nitrogens with zero attached hydrogens (tertiary/aromatic N) is 2. The second kappa shape index (κ2) is 7.07. The van der Waals surface area contributed by atoms with Gasteiger partial charge in [-0.1, -0.05) is 20.8 Å². The summed E-state index contributed by atoms with van der Waals surface area (Å²) in [6, 6.07) is 0.848. The number of aliphatic carboxylic acids is 1. The monoisotopic (exact) mass is 281 g/mol. The van der Waals surface area contributed by atoms with E-state index in [1.807, 2.05) is 27.7 Å². The predicted octanol–water partition coefficient (Wildman–Crippen LogP) is 1.69. The Labute approximate surface area is 119 Å². The van der Waals surface area contributed by atoms with Crippen LogP contribution < -0.4 is 5.32 Å². The van der Waals surface area contributed by atoms with E-state index < -0.39 is 12.0 Å². The molecule has 0 radical (unpaired) electrons. The molecular formula is C14H23N3O3. The zero-order chi connectivity index (χ0) is 15.3. The summed E-state index contributed by atoms with van der Waals surface area (Å²) >= 11 is 0. The zero-order valence-electron chi connectivity index (χ0n) is 12.5. The molecule has 6 nitrogen and oxygen atoms in total. The fraction of sp³-hybridized carbons (Fsp3) is 0.643. The second-order valence-corrected chi connectivity index (χ2v) is 5.18. The van der Waals surface area contributed by atoms with E-state index in [9.17, 15) is 9.59 Å². The molecule has 1 aromatic rings. The summed E-state index contributed by atoms with van der Waals surface area (Å²) in [5.74, 6) is -1.20. The highest BCUT2D eigenvalue weighted by molar-refractivity contribution is 5.95. The molecule has 0 aliphatic rings. The van der Waals surface area contributed by atoms with Gasteiger partial charge in [0.15, 0.2) is 0 Å². The normalized spacial score (nSPS) is 12.4. The number of hydrogen-bond acceptors (Lipinski definition) is 3. The third kappa shape index (κ3) is 4.08. The number of rotatable bonds is 7. The number of amides is 1. The molecular weight excluding hydrogens is 258 g/mol. The summed E-state index contributed by atoms with van der Waals surface area (Å²) in [4.78, 5) is 23.4. The third-order valence-corrected chi connectivity index (χ3v) is 3.04. The van der Waals surface area contributed by atoms with Crippen LogP contribution in [0.2, 0.25) is 0 Å². The van der Waals surface area contributed by atoms with Crippen molar-refractivity contribution in [1.82, 2.24) is 15.1 Å². The van der Waals surface area contributed by atoms with Gasteiger partial charge >= 0.3 is 5.97 Å². The van der Waals surface area contributed by atoms with Crippen LogP contribution >= 0.6 is 0 Å². The number of carboxylic acid groups (broad SMARTS) is 1. The molecule has 1 aromatic heterocycles. The van der Waals surface area contributed by atoms with E-state index in [4.69, 9.17) is 5.11 Å². The SMILES string of the molecule is CCc1cc(C(=O)NC(CC(C)C)C(=O)O)n(CC)n1. The van der Waals surface area contributed by atoms with Crippen molar-refractivity contribution in [3.8, 4) is 0 Å². The molecule has 1 atom stereocenters. The summed E-state index contributed by atoms with van der Waals surface area (Å²) in [5, 5.41) is 16.0. The lowest BCUT2D eigenvalue weighted by Crippen LogP contribution is -2.42. The third-order valence-electron chi connectivity index (χ3n) is 3.04. The van der Waals surface area contributed by atoms with Crippen molar-refractivity contribution in [3.63, 3.8) is 0 Å². The van der Waals surface area contributed by atoms with E-state index in [1.54, 1.807) is 10.7 Å². The van der Waals surface area contributed by atoms with Crippen molar-refractivity contribution >= 4 is 11.9 Å². The Morgan fingerprint density at radius 2 is 2.05 bits per heavy atom. The highest BCUT2D eigenvalue weighted by atomic mass is 16.4. The Kier molecular flexibility index (Phi) is 5.73. The van der Waals surface area contributed by atoms with Gasteiger partial charge in [-0.2, -0.15) is 5.10 Å². The molecule has 20 heavy (non-hydrogen) atoms. The zero-order valence-corrected chi connectivity index (χ0v) is 12.5. The summed E-state index contributed by atoms with van der Waals surface area (Å²) in [5.41, 5.74) is 1.24. The van der Waals surface area contributed by atoms with E-state index in [2.05, 4.69) is 10.4 Å². The highest BCUT2D eigenvalue weighted by Crippen LogP contribution is 2.09. The maximum atomic E-state index is 12.2. The van der Waals surface area contributed by atoms with E-state index in [0.29, 0.717) is 18.7 Å². The molecule has 1 heterocycles. The number of carbonyl (C=O) groups is 2. The van der Waals surface area contributed by atoms with Gasteiger partial charge in [-0.05, 0) is 31.7 Å². The second-order valence-electron chi connectivity index (χ2n) is 5.18. The van der Waals surface area contributed by atoms with Crippen LogP contribution in [0.5, 0.6) is 0 Å². The lowest BCUT2D eigenvalue weighted by atomic mass is 10.0. The predicted molar refractivity (Wildman–Crippen MR) is 75.6 cm³/mol. The lowest BCUT2D eigenvalue weighted by Gasteiger charge is -2.16. The molecule has 1 unspecified atom stereocenters. The summed E-state index contributed by atoms with van der Waals surface area (Å²) in [7, 11) is 0. The lowest BCUT2D eigenvalue weighted by molar-refractivity contribution is -0.139. The molecule has 2 N–H and O–H groups in total. The van der Waals surface area contributed by atoms with Gasteiger partial charge in [0.1, 0.15) is 11.7 Å².